The summed E-state index contributed by atoms with van der Waals surface area (Å²) in [5.41, 5.74) is 5.98. The molecule has 2 N–H and O–H groups in total. The molecular weight excluding hydrogens is 328 g/mol. The van der Waals surface area contributed by atoms with Crippen LogP contribution in [0.15, 0.2) is 40.6 Å². The molecule has 0 aliphatic carbocycles. The van der Waals surface area contributed by atoms with Crippen LogP contribution < -0.4 is 5.73 Å². The average Bonchev–Trinajstić information content (AvgIpc) is 2.93. The normalized spacial score (nSPS) is 13.5. The third kappa shape index (κ3) is 3.58. The molecular formula is C14H17ClN2O2S2. The Morgan fingerprint density at radius 1 is 1.38 bits per heavy atom. The zero-order valence-corrected chi connectivity index (χ0v) is 14.2. The van der Waals surface area contributed by atoms with E-state index in [-0.39, 0.29) is 16.0 Å². The quantitative estimate of drug-likeness (QED) is 0.847. The van der Waals surface area contributed by atoms with E-state index in [1.807, 2.05) is 24.4 Å². The van der Waals surface area contributed by atoms with Crippen LogP contribution in [0.3, 0.4) is 0 Å². The summed E-state index contributed by atoms with van der Waals surface area (Å²) in [6.45, 7) is 1.89. The Kier molecular flexibility index (Phi) is 4.93. The van der Waals surface area contributed by atoms with Crippen LogP contribution in [0.1, 0.15) is 11.8 Å². The molecule has 2 aromatic rings. The second-order valence-corrected chi connectivity index (χ2v) is 8.27. The smallest absolute Gasteiger partial charge is 0.243 e. The number of nitrogen functional groups attached to an aromatic ring is 1. The van der Waals surface area contributed by atoms with Crippen LogP contribution >= 0.6 is 22.9 Å². The van der Waals surface area contributed by atoms with Gasteiger partial charge in [0.25, 0.3) is 0 Å². The molecule has 21 heavy (non-hydrogen) atoms. The van der Waals surface area contributed by atoms with Crippen LogP contribution in [-0.2, 0) is 16.4 Å². The van der Waals surface area contributed by atoms with Crippen LogP contribution in [0.2, 0.25) is 5.02 Å². The Morgan fingerprint density at radius 2 is 2.10 bits per heavy atom. The number of sulfonamides is 1. The average molecular weight is 345 g/mol. The molecule has 0 amide bonds. The number of halogens is 1. The number of anilines is 1. The summed E-state index contributed by atoms with van der Waals surface area (Å²) >= 11 is 7.53. The van der Waals surface area contributed by atoms with Gasteiger partial charge in [-0.15, -0.1) is 11.3 Å². The Hall–Kier alpha value is -1.08. The molecule has 0 fully saturated rings. The highest BCUT2D eigenvalue weighted by molar-refractivity contribution is 7.89. The molecule has 114 valence electrons. The second-order valence-electron chi connectivity index (χ2n) is 4.84. The van der Waals surface area contributed by atoms with Gasteiger partial charge in [-0.3, -0.25) is 0 Å². The zero-order valence-electron chi connectivity index (χ0n) is 11.8. The van der Waals surface area contributed by atoms with Crippen LogP contribution in [0.5, 0.6) is 0 Å². The molecule has 1 heterocycles. The zero-order chi connectivity index (χ0) is 15.6. The number of thiophene rings is 1. The third-order valence-corrected chi connectivity index (χ3v) is 6.54. The lowest BCUT2D eigenvalue weighted by molar-refractivity contribution is 0.388. The van der Waals surface area contributed by atoms with Crippen molar-refractivity contribution in [3.8, 4) is 0 Å². The molecule has 2 rings (SSSR count). The van der Waals surface area contributed by atoms with Gasteiger partial charge < -0.3 is 5.73 Å². The molecule has 0 bridgehead atoms. The molecule has 4 nitrogen and oxygen atoms in total. The highest BCUT2D eigenvalue weighted by Crippen LogP contribution is 2.25. The first-order chi connectivity index (χ1) is 9.82. The molecule has 0 spiro atoms. The Balaban J connectivity index is 2.23. The number of hydrogen-bond donors (Lipinski definition) is 1. The fourth-order valence-electron chi connectivity index (χ4n) is 1.92. The number of hydrogen-bond acceptors (Lipinski definition) is 4. The number of rotatable bonds is 5. The van der Waals surface area contributed by atoms with E-state index >= 15 is 0 Å². The van der Waals surface area contributed by atoms with Crippen molar-refractivity contribution in [3.63, 3.8) is 0 Å². The summed E-state index contributed by atoms with van der Waals surface area (Å²) < 4.78 is 26.6. The van der Waals surface area contributed by atoms with E-state index in [2.05, 4.69) is 0 Å². The molecule has 1 aromatic carbocycles. The van der Waals surface area contributed by atoms with E-state index in [0.717, 1.165) is 4.88 Å². The number of likely N-dealkylation sites (N-methyl/N-ethyl adjacent to an activating group) is 1. The molecule has 0 radical (unpaired) electrons. The summed E-state index contributed by atoms with van der Waals surface area (Å²) in [7, 11) is -2.00. The predicted octanol–water partition coefficient (Wildman–Crippen LogP) is 3.24. The lowest BCUT2D eigenvalue weighted by Gasteiger charge is -2.24. The Morgan fingerprint density at radius 3 is 2.67 bits per heavy atom. The van der Waals surface area contributed by atoms with Crippen molar-refractivity contribution in [2.45, 2.75) is 24.3 Å². The van der Waals surface area contributed by atoms with E-state index in [1.165, 1.54) is 22.5 Å². The number of benzene rings is 1. The molecule has 0 saturated heterocycles. The summed E-state index contributed by atoms with van der Waals surface area (Å²) in [6.07, 6.45) is 0.677. The van der Waals surface area contributed by atoms with Crippen molar-refractivity contribution in [1.29, 1.82) is 0 Å². The highest BCUT2D eigenvalue weighted by Gasteiger charge is 2.26. The third-order valence-electron chi connectivity index (χ3n) is 3.35. The van der Waals surface area contributed by atoms with Gasteiger partial charge in [0, 0.05) is 18.0 Å². The van der Waals surface area contributed by atoms with Gasteiger partial charge in [-0.25, -0.2) is 8.42 Å². The van der Waals surface area contributed by atoms with Crippen molar-refractivity contribution >= 4 is 38.6 Å². The molecule has 0 aliphatic heterocycles. The fourth-order valence-corrected chi connectivity index (χ4v) is 4.38. The Labute approximate surface area is 134 Å². The van der Waals surface area contributed by atoms with Gasteiger partial charge in [-0.1, -0.05) is 17.7 Å². The van der Waals surface area contributed by atoms with Crippen molar-refractivity contribution < 1.29 is 8.42 Å². The van der Waals surface area contributed by atoms with Gasteiger partial charge in [-0.05, 0) is 43.0 Å². The van der Waals surface area contributed by atoms with E-state index in [4.69, 9.17) is 17.3 Å². The largest absolute Gasteiger partial charge is 0.398 e. The Bertz CT molecular complexity index is 715. The van der Waals surface area contributed by atoms with Crippen molar-refractivity contribution in [2.75, 3.05) is 12.8 Å². The van der Waals surface area contributed by atoms with E-state index in [9.17, 15) is 8.42 Å². The maximum atomic E-state index is 12.6. The monoisotopic (exact) mass is 344 g/mol. The first-order valence-electron chi connectivity index (χ1n) is 6.38. The van der Waals surface area contributed by atoms with Gasteiger partial charge >= 0.3 is 0 Å². The van der Waals surface area contributed by atoms with Crippen molar-refractivity contribution in [2.24, 2.45) is 0 Å². The summed E-state index contributed by atoms with van der Waals surface area (Å²) in [5, 5.41) is 2.23. The summed E-state index contributed by atoms with van der Waals surface area (Å²) in [5.74, 6) is 0. The van der Waals surface area contributed by atoms with Crippen molar-refractivity contribution in [3.05, 3.63) is 45.6 Å². The topological polar surface area (TPSA) is 63.4 Å². The van der Waals surface area contributed by atoms with Crippen LogP contribution in [-0.4, -0.2) is 25.8 Å². The molecule has 1 unspecified atom stereocenters. The minimum Gasteiger partial charge on any atom is -0.398 e. The second kappa shape index (κ2) is 6.36. The van der Waals surface area contributed by atoms with Crippen LogP contribution in [0, 0.1) is 0 Å². The maximum absolute atomic E-state index is 12.6. The summed E-state index contributed by atoms with van der Waals surface area (Å²) in [4.78, 5) is 1.31. The lowest BCUT2D eigenvalue weighted by atomic mass is 10.2. The molecule has 0 saturated carbocycles. The van der Waals surface area contributed by atoms with Gasteiger partial charge in [0.1, 0.15) is 0 Å². The number of nitrogens with two attached hydrogens (primary N) is 1. The SMILES string of the molecule is CC(Cc1cccs1)N(C)S(=O)(=O)c1ccc(N)c(Cl)c1. The van der Waals surface area contributed by atoms with Gasteiger partial charge in [0.15, 0.2) is 0 Å². The van der Waals surface area contributed by atoms with Crippen LogP contribution in [0.25, 0.3) is 0 Å². The van der Waals surface area contributed by atoms with Gasteiger partial charge in [0.2, 0.25) is 10.0 Å². The van der Waals surface area contributed by atoms with E-state index in [1.54, 1.807) is 18.4 Å². The first kappa shape index (κ1) is 16.3. The minimum atomic E-state index is -3.58. The van der Waals surface area contributed by atoms with Gasteiger partial charge in [0.05, 0.1) is 15.6 Å². The maximum Gasteiger partial charge on any atom is 0.243 e. The molecule has 1 aromatic heterocycles. The number of nitrogens with zero attached hydrogens (tertiary/aromatic N) is 1. The fraction of sp³-hybridized carbons (Fsp3) is 0.286. The standard InChI is InChI=1S/C14H17ClN2O2S2/c1-10(8-11-4-3-7-20-11)17(2)21(18,19)12-5-6-14(16)13(15)9-12/h3-7,9-10H,8,16H2,1-2H3. The molecule has 7 heteroatoms. The predicted molar refractivity (Wildman–Crippen MR) is 88.3 cm³/mol. The van der Waals surface area contributed by atoms with E-state index in [0.29, 0.717) is 12.1 Å². The molecule has 1 atom stereocenters. The van der Waals surface area contributed by atoms with Crippen LogP contribution in [0.4, 0.5) is 5.69 Å². The minimum absolute atomic E-state index is 0.148. The van der Waals surface area contributed by atoms with Gasteiger partial charge in [-0.2, -0.15) is 4.31 Å². The highest BCUT2D eigenvalue weighted by atomic mass is 35.5. The van der Waals surface area contributed by atoms with Crippen molar-refractivity contribution in [1.82, 2.24) is 4.31 Å². The van der Waals surface area contributed by atoms with E-state index < -0.39 is 10.0 Å². The first-order valence-corrected chi connectivity index (χ1v) is 9.07. The lowest BCUT2D eigenvalue weighted by Crippen LogP contribution is -2.36. The summed E-state index contributed by atoms with van der Waals surface area (Å²) in [6, 6.07) is 8.19. The molecule has 0 aliphatic rings.